The number of hydrogen-bond acceptors (Lipinski definition) is 5. The molecule has 0 fully saturated rings. The number of nitro benzene ring substituents is 1. The predicted octanol–water partition coefficient (Wildman–Crippen LogP) is 5.13. The summed E-state index contributed by atoms with van der Waals surface area (Å²) < 4.78 is 6.67. The first-order valence-corrected chi connectivity index (χ1v) is 9.64. The van der Waals surface area contributed by atoms with Crippen LogP contribution in [0.25, 0.3) is 28.7 Å². The molecule has 0 spiro atoms. The monoisotopic (exact) mass is 433 g/mol. The Hall–Kier alpha value is -3.97. The summed E-state index contributed by atoms with van der Waals surface area (Å²) in [4.78, 5) is 28.3. The number of aromatic nitrogens is 2. The smallest absolute Gasteiger partial charge is 0.269 e. The fraction of sp³-hybridized carbons (Fsp3) is 0.0435. The third-order valence-corrected chi connectivity index (χ3v) is 5.02. The first-order valence-electron chi connectivity index (χ1n) is 9.26. The van der Waals surface area contributed by atoms with E-state index in [0.717, 1.165) is 5.56 Å². The number of ether oxygens (including phenoxy) is 1. The van der Waals surface area contributed by atoms with Crippen LogP contribution in [0.5, 0.6) is 5.75 Å². The second kappa shape index (κ2) is 8.41. The molecule has 4 rings (SSSR count). The second-order valence-corrected chi connectivity index (χ2v) is 7.04. The molecule has 3 aromatic carbocycles. The van der Waals surface area contributed by atoms with Gasteiger partial charge in [-0.1, -0.05) is 29.8 Å². The molecule has 0 saturated carbocycles. The van der Waals surface area contributed by atoms with Crippen LogP contribution in [-0.2, 0) is 0 Å². The minimum absolute atomic E-state index is 0.00534. The fourth-order valence-corrected chi connectivity index (χ4v) is 3.44. The highest BCUT2D eigenvalue weighted by Gasteiger charge is 2.13. The number of rotatable bonds is 5. The maximum atomic E-state index is 13.3. The van der Waals surface area contributed by atoms with Crippen molar-refractivity contribution in [2.75, 3.05) is 7.11 Å². The lowest BCUT2D eigenvalue weighted by Crippen LogP contribution is -2.22. The summed E-state index contributed by atoms with van der Waals surface area (Å²) in [5.74, 6) is 0.887. The van der Waals surface area contributed by atoms with E-state index in [1.54, 1.807) is 60.7 Å². The van der Waals surface area contributed by atoms with Crippen molar-refractivity contribution in [2.45, 2.75) is 0 Å². The van der Waals surface area contributed by atoms with Gasteiger partial charge in [0.25, 0.3) is 11.2 Å². The van der Waals surface area contributed by atoms with Gasteiger partial charge in [0.05, 0.1) is 33.6 Å². The summed E-state index contributed by atoms with van der Waals surface area (Å²) >= 11 is 6.28. The molecule has 0 aliphatic heterocycles. The van der Waals surface area contributed by atoms with Crippen LogP contribution < -0.4 is 10.3 Å². The molecule has 0 aliphatic rings. The summed E-state index contributed by atoms with van der Waals surface area (Å²) in [5, 5.41) is 11.7. The normalized spacial score (nSPS) is 11.2. The lowest BCUT2D eigenvalue weighted by atomic mass is 10.2. The van der Waals surface area contributed by atoms with Crippen LogP contribution in [0.1, 0.15) is 11.4 Å². The molecule has 0 unspecified atom stereocenters. The van der Waals surface area contributed by atoms with E-state index >= 15 is 0 Å². The first-order chi connectivity index (χ1) is 15.0. The second-order valence-electron chi connectivity index (χ2n) is 6.63. The molecular weight excluding hydrogens is 418 g/mol. The third-order valence-electron chi connectivity index (χ3n) is 4.72. The summed E-state index contributed by atoms with van der Waals surface area (Å²) in [6.07, 6.45) is 3.43. The van der Waals surface area contributed by atoms with Gasteiger partial charge in [-0.3, -0.25) is 19.5 Å². The van der Waals surface area contributed by atoms with Crippen LogP contribution in [0.2, 0.25) is 5.02 Å². The van der Waals surface area contributed by atoms with Crippen LogP contribution in [0, 0.1) is 10.1 Å². The van der Waals surface area contributed by atoms with Crippen LogP contribution >= 0.6 is 11.6 Å². The Morgan fingerprint density at radius 1 is 1.06 bits per heavy atom. The zero-order valence-corrected chi connectivity index (χ0v) is 17.1. The highest BCUT2D eigenvalue weighted by Crippen LogP contribution is 2.27. The van der Waals surface area contributed by atoms with Gasteiger partial charge in [-0.15, -0.1) is 0 Å². The van der Waals surface area contributed by atoms with E-state index in [4.69, 9.17) is 16.3 Å². The zero-order valence-electron chi connectivity index (χ0n) is 16.4. The summed E-state index contributed by atoms with van der Waals surface area (Å²) in [6, 6.07) is 18.2. The number of nitrogens with zero attached hydrogens (tertiary/aromatic N) is 3. The lowest BCUT2D eigenvalue weighted by molar-refractivity contribution is -0.384. The van der Waals surface area contributed by atoms with Crippen LogP contribution in [0.4, 0.5) is 5.69 Å². The van der Waals surface area contributed by atoms with Crippen molar-refractivity contribution in [3.8, 4) is 11.4 Å². The molecule has 0 atom stereocenters. The SMILES string of the molecule is COc1ccc(-n2c(/C=C/c3ccc([N+](=O)[O-])cc3)nc3ccccc3c2=O)cc1Cl. The molecule has 154 valence electrons. The summed E-state index contributed by atoms with van der Waals surface area (Å²) in [5.41, 5.74) is 1.59. The molecule has 0 amide bonds. The molecule has 0 aliphatic carbocycles. The largest absolute Gasteiger partial charge is 0.495 e. The maximum absolute atomic E-state index is 13.3. The molecule has 31 heavy (non-hydrogen) atoms. The number of fused-ring (bicyclic) bond motifs is 1. The maximum Gasteiger partial charge on any atom is 0.269 e. The van der Waals surface area contributed by atoms with Crippen LogP contribution in [0.3, 0.4) is 0 Å². The molecule has 8 heteroatoms. The molecule has 1 aromatic heterocycles. The van der Waals surface area contributed by atoms with Gasteiger partial charge in [0, 0.05) is 12.1 Å². The Morgan fingerprint density at radius 3 is 2.48 bits per heavy atom. The standard InChI is InChI=1S/C23H16ClN3O4/c1-31-21-12-11-17(14-19(21)24)26-22(25-20-5-3-2-4-18(20)23(26)28)13-8-15-6-9-16(10-7-15)27(29)30/h2-14H,1H3/b13-8+. The van der Waals surface area contributed by atoms with E-state index in [-0.39, 0.29) is 11.2 Å². The van der Waals surface area contributed by atoms with Gasteiger partial charge >= 0.3 is 0 Å². The number of halogens is 1. The Labute approximate surface area is 182 Å². The topological polar surface area (TPSA) is 87.3 Å². The molecular formula is C23H16ClN3O4. The van der Waals surface area contributed by atoms with Crippen molar-refractivity contribution in [1.29, 1.82) is 0 Å². The Morgan fingerprint density at radius 2 is 1.81 bits per heavy atom. The van der Waals surface area contributed by atoms with Crippen LogP contribution in [-0.4, -0.2) is 21.6 Å². The lowest BCUT2D eigenvalue weighted by Gasteiger charge is -2.13. The highest BCUT2D eigenvalue weighted by molar-refractivity contribution is 6.32. The van der Waals surface area contributed by atoms with Crippen molar-refractivity contribution in [3.63, 3.8) is 0 Å². The minimum atomic E-state index is -0.455. The van der Waals surface area contributed by atoms with Gasteiger partial charge in [0.15, 0.2) is 0 Å². The van der Waals surface area contributed by atoms with E-state index < -0.39 is 4.92 Å². The van der Waals surface area contributed by atoms with Gasteiger partial charge in [0.1, 0.15) is 11.6 Å². The van der Waals surface area contributed by atoms with Crippen molar-refractivity contribution >= 4 is 40.3 Å². The van der Waals surface area contributed by atoms with Gasteiger partial charge < -0.3 is 4.74 Å². The van der Waals surface area contributed by atoms with Crippen LogP contribution in [0.15, 0.2) is 71.5 Å². The summed E-state index contributed by atoms with van der Waals surface area (Å²) in [7, 11) is 1.52. The average molecular weight is 434 g/mol. The summed E-state index contributed by atoms with van der Waals surface area (Å²) in [6.45, 7) is 0. The van der Waals surface area contributed by atoms with Gasteiger partial charge in [-0.05, 0) is 54.1 Å². The van der Waals surface area contributed by atoms with E-state index in [1.807, 2.05) is 6.07 Å². The van der Waals surface area contributed by atoms with Gasteiger partial charge in [-0.2, -0.15) is 0 Å². The fourth-order valence-electron chi connectivity index (χ4n) is 3.18. The third kappa shape index (κ3) is 4.04. The van der Waals surface area contributed by atoms with Gasteiger partial charge in [0.2, 0.25) is 0 Å². The van der Waals surface area contributed by atoms with Crippen molar-refractivity contribution in [1.82, 2.24) is 9.55 Å². The number of hydrogen-bond donors (Lipinski definition) is 0. The molecule has 0 N–H and O–H groups in total. The Balaban J connectivity index is 1.87. The molecule has 7 nitrogen and oxygen atoms in total. The van der Waals surface area contributed by atoms with Crippen molar-refractivity contribution in [3.05, 3.63) is 104 Å². The number of methoxy groups -OCH3 is 1. The predicted molar refractivity (Wildman–Crippen MR) is 121 cm³/mol. The first kappa shape index (κ1) is 20.3. The zero-order chi connectivity index (χ0) is 22.0. The highest BCUT2D eigenvalue weighted by atomic mass is 35.5. The minimum Gasteiger partial charge on any atom is -0.495 e. The molecule has 0 saturated heterocycles. The Kier molecular flexibility index (Phi) is 5.51. The van der Waals surface area contributed by atoms with E-state index in [2.05, 4.69) is 4.98 Å². The number of para-hydroxylation sites is 1. The molecule has 1 heterocycles. The van der Waals surface area contributed by atoms with Crippen molar-refractivity contribution in [2.24, 2.45) is 0 Å². The van der Waals surface area contributed by atoms with E-state index in [1.165, 1.54) is 23.8 Å². The molecule has 0 radical (unpaired) electrons. The quantitative estimate of drug-likeness (QED) is 0.322. The molecule has 4 aromatic rings. The van der Waals surface area contributed by atoms with Crippen molar-refractivity contribution < 1.29 is 9.66 Å². The number of non-ortho nitro benzene ring substituents is 1. The van der Waals surface area contributed by atoms with Gasteiger partial charge in [-0.25, -0.2) is 4.98 Å². The van der Waals surface area contributed by atoms with E-state index in [9.17, 15) is 14.9 Å². The average Bonchev–Trinajstić information content (AvgIpc) is 2.78. The van der Waals surface area contributed by atoms with E-state index in [0.29, 0.717) is 33.2 Å². The number of benzene rings is 3. The number of nitro groups is 1. The Bertz CT molecular complexity index is 1380. The molecule has 0 bridgehead atoms.